The molecule has 25 heavy (non-hydrogen) atoms. The lowest BCUT2D eigenvalue weighted by atomic mass is 9.87. The van der Waals surface area contributed by atoms with Crippen LogP contribution in [0.5, 0.6) is 0 Å². The smallest absolute Gasteiger partial charge is 0.193 e. The number of halogens is 1. The minimum atomic E-state index is -1.05. The molecule has 1 saturated heterocycles. The standard InChI is InChI=1S/C18H29N3O2S.HI/c1-17(22,15-7-6-11-23-15)13-20-16(19-2)21-10-12-24-18(14-21)8-4-3-5-9-18;/h6-7,11,22H,3-5,8-10,12-14H2,1-2H3,(H,19,20);1H. The van der Waals surface area contributed by atoms with Gasteiger partial charge in [0.1, 0.15) is 11.4 Å². The second-order valence-electron chi connectivity index (χ2n) is 7.17. The van der Waals surface area contributed by atoms with Crippen molar-refractivity contribution in [1.82, 2.24) is 10.2 Å². The van der Waals surface area contributed by atoms with Gasteiger partial charge in [-0.3, -0.25) is 4.99 Å². The highest BCUT2D eigenvalue weighted by molar-refractivity contribution is 14.0. The zero-order chi connectivity index (χ0) is 17.0. The molecule has 1 saturated carbocycles. The number of thioether (sulfide) groups is 1. The second-order valence-corrected chi connectivity index (χ2v) is 8.73. The summed E-state index contributed by atoms with van der Waals surface area (Å²) >= 11 is 2.15. The summed E-state index contributed by atoms with van der Waals surface area (Å²) in [7, 11) is 1.82. The molecule has 1 unspecified atom stereocenters. The van der Waals surface area contributed by atoms with Gasteiger partial charge in [-0.2, -0.15) is 11.8 Å². The molecule has 0 aromatic carbocycles. The molecule has 1 aliphatic heterocycles. The van der Waals surface area contributed by atoms with Gasteiger partial charge in [0.25, 0.3) is 0 Å². The highest BCUT2D eigenvalue weighted by Crippen LogP contribution is 2.42. The SMILES string of the molecule is CN=C(NCC(C)(O)c1ccco1)N1CCSC2(CCCCC2)C1.I. The minimum Gasteiger partial charge on any atom is -0.466 e. The molecule has 1 aromatic rings. The molecule has 1 spiro atoms. The fourth-order valence-corrected chi connectivity index (χ4v) is 5.35. The van der Waals surface area contributed by atoms with E-state index in [4.69, 9.17) is 4.42 Å². The second kappa shape index (κ2) is 8.99. The molecular weight excluding hydrogens is 449 g/mol. The third-order valence-electron chi connectivity index (χ3n) is 5.17. The van der Waals surface area contributed by atoms with E-state index in [9.17, 15) is 5.11 Å². The Balaban J connectivity index is 0.00000225. The van der Waals surface area contributed by atoms with Crippen LogP contribution in [0, 0.1) is 0 Å². The summed E-state index contributed by atoms with van der Waals surface area (Å²) < 4.78 is 5.75. The van der Waals surface area contributed by atoms with Crippen molar-refractivity contribution in [1.29, 1.82) is 0 Å². The third-order valence-corrected chi connectivity index (χ3v) is 6.70. The zero-order valence-corrected chi connectivity index (χ0v) is 18.3. The van der Waals surface area contributed by atoms with E-state index >= 15 is 0 Å². The van der Waals surface area contributed by atoms with Gasteiger partial charge < -0.3 is 19.7 Å². The monoisotopic (exact) mass is 479 g/mol. The van der Waals surface area contributed by atoms with Crippen LogP contribution in [0.2, 0.25) is 0 Å². The van der Waals surface area contributed by atoms with Crippen LogP contribution in [0.15, 0.2) is 27.8 Å². The Labute approximate surface area is 172 Å². The van der Waals surface area contributed by atoms with Crippen molar-refractivity contribution >= 4 is 41.7 Å². The van der Waals surface area contributed by atoms with Gasteiger partial charge in [-0.05, 0) is 31.9 Å². The molecule has 1 aliphatic carbocycles. The third kappa shape index (κ3) is 5.07. The first kappa shape index (κ1) is 20.9. The first-order chi connectivity index (χ1) is 11.5. The summed E-state index contributed by atoms with van der Waals surface area (Å²) in [4.78, 5) is 6.82. The molecule has 2 fully saturated rings. The fourth-order valence-electron chi connectivity index (χ4n) is 3.78. The van der Waals surface area contributed by atoms with Crippen LogP contribution < -0.4 is 5.32 Å². The summed E-state index contributed by atoms with van der Waals surface area (Å²) in [5.74, 6) is 2.60. The summed E-state index contributed by atoms with van der Waals surface area (Å²) in [5, 5.41) is 14.0. The quantitative estimate of drug-likeness (QED) is 0.395. The molecule has 0 radical (unpaired) electrons. The number of hydrogen-bond acceptors (Lipinski definition) is 4. The van der Waals surface area contributed by atoms with Gasteiger partial charge in [0.05, 0.1) is 12.8 Å². The number of aliphatic hydroxyl groups is 1. The zero-order valence-electron chi connectivity index (χ0n) is 15.2. The lowest BCUT2D eigenvalue weighted by Crippen LogP contribution is -2.54. The number of guanidine groups is 1. The van der Waals surface area contributed by atoms with Crippen LogP contribution in [0.4, 0.5) is 0 Å². The molecule has 142 valence electrons. The molecule has 2 aliphatic rings. The van der Waals surface area contributed by atoms with Crippen molar-refractivity contribution in [2.24, 2.45) is 4.99 Å². The number of rotatable bonds is 3. The first-order valence-corrected chi connectivity index (χ1v) is 9.89. The van der Waals surface area contributed by atoms with Gasteiger partial charge in [-0.1, -0.05) is 19.3 Å². The molecule has 0 bridgehead atoms. The molecule has 7 heteroatoms. The normalized spacial score (nSPS) is 23.0. The molecule has 1 aromatic heterocycles. The largest absolute Gasteiger partial charge is 0.466 e. The van der Waals surface area contributed by atoms with Crippen LogP contribution in [0.3, 0.4) is 0 Å². The molecule has 2 N–H and O–H groups in total. The van der Waals surface area contributed by atoms with E-state index in [2.05, 4.69) is 27.0 Å². The summed E-state index contributed by atoms with van der Waals surface area (Å²) in [6.45, 7) is 4.21. The minimum absolute atomic E-state index is 0. The number of furan rings is 1. The predicted octanol–water partition coefficient (Wildman–Crippen LogP) is 3.43. The fraction of sp³-hybridized carbons (Fsp3) is 0.722. The van der Waals surface area contributed by atoms with Crippen LogP contribution in [0.25, 0.3) is 0 Å². The van der Waals surface area contributed by atoms with Crippen LogP contribution in [-0.2, 0) is 5.60 Å². The Kier molecular flexibility index (Phi) is 7.52. The van der Waals surface area contributed by atoms with E-state index < -0.39 is 5.60 Å². The van der Waals surface area contributed by atoms with E-state index in [-0.39, 0.29) is 24.0 Å². The molecule has 5 nitrogen and oxygen atoms in total. The Bertz CT molecular complexity index is 551. The van der Waals surface area contributed by atoms with Gasteiger partial charge in [-0.25, -0.2) is 0 Å². The van der Waals surface area contributed by atoms with Crippen molar-refractivity contribution < 1.29 is 9.52 Å². The highest BCUT2D eigenvalue weighted by atomic mass is 127. The van der Waals surface area contributed by atoms with Crippen LogP contribution in [0.1, 0.15) is 44.8 Å². The summed E-state index contributed by atoms with van der Waals surface area (Å²) in [6, 6.07) is 3.60. The van der Waals surface area contributed by atoms with Crippen molar-refractivity contribution in [3.63, 3.8) is 0 Å². The molecule has 3 rings (SSSR count). The molecule has 0 amide bonds. The summed E-state index contributed by atoms with van der Waals surface area (Å²) in [5.41, 5.74) is -1.05. The van der Waals surface area contributed by atoms with E-state index in [0.29, 0.717) is 17.1 Å². The van der Waals surface area contributed by atoms with Crippen LogP contribution in [-0.4, -0.2) is 53.1 Å². The van der Waals surface area contributed by atoms with Crippen molar-refractivity contribution in [2.75, 3.05) is 32.4 Å². The Morgan fingerprint density at radius 3 is 2.84 bits per heavy atom. The maximum Gasteiger partial charge on any atom is 0.193 e. The van der Waals surface area contributed by atoms with Gasteiger partial charge in [0.2, 0.25) is 0 Å². The number of hydrogen-bond donors (Lipinski definition) is 2. The van der Waals surface area contributed by atoms with E-state index in [1.807, 2.05) is 7.05 Å². The van der Waals surface area contributed by atoms with Gasteiger partial charge in [0.15, 0.2) is 5.96 Å². The number of aliphatic imine (C=N–C) groups is 1. The van der Waals surface area contributed by atoms with Crippen molar-refractivity contribution in [3.05, 3.63) is 24.2 Å². The van der Waals surface area contributed by atoms with Gasteiger partial charge >= 0.3 is 0 Å². The number of nitrogens with zero attached hydrogens (tertiary/aromatic N) is 2. The Morgan fingerprint density at radius 1 is 1.44 bits per heavy atom. The lowest BCUT2D eigenvalue weighted by molar-refractivity contribution is 0.0379. The lowest BCUT2D eigenvalue weighted by Gasteiger charge is -2.45. The Morgan fingerprint density at radius 2 is 2.20 bits per heavy atom. The molecule has 2 heterocycles. The maximum atomic E-state index is 10.6. The first-order valence-electron chi connectivity index (χ1n) is 8.91. The van der Waals surface area contributed by atoms with E-state index in [0.717, 1.165) is 24.8 Å². The van der Waals surface area contributed by atoms with E-state index in [1.165, 1.54) is 32.1 Å². The molecular formula is C18H30IN3O2S. The van der Waals surface area contributed by atoms with Gasteiger partial charge in [0, 0.05) is 30.6 Å². The highest BCUT2D eigenvalue weighted by Gasteiger charge is 2.38. The van der Waals surface area contributed by atoms with E-state index in [1.54, 1.807) is 25.3 Å². The van der Waals surface area contributed by atoms with Crippen molar-refractivity contribution in [3.8, 4) is 0 Å². The average molecular weight is 479 g/mol. The maximum absolute atomic E-state index is 10.6. The summed E-state index contributed by atoms with van der Waals surface area (Å²) in [6.07, 6.45) is 8.29. The predicted molar refractivity (Wildman–Crippen MR) is 115 cm³/mol. The van der Waals surface area contributed by atoms with Crippen LogP contribution >= 0.6 is 35.7 Å². The average Bonchev–Trinajstić information content (AvgIpc) is 3.12. The van der Waals surface area contributed by atoms with Gasteiger partial charge in [-0.15, -0.1) is 24.0 Å². The van der Waals surface area contributed by atoms with Crippen molar-refractivity contribution in [2.45, 2.75) is 49.4 Å². The number of nitrogens with one attached hydrogen (secondary N) is 1. The molecule has 1 atom stereocenters. The Hall–Kier alpha value is -0.410. The topological polar surface area (TPSA) is 61.0 Å².